The Hall–Kier alpha value is -7.56. The molecule has 0 fully saturated rings. The second kappa shape index (κ2) is 19.3. The maximum Gasteiger partial charge on any atom is 0.258 e. The number of benzene rings is 3. The van der Waals surface area contributed by atoms with Gasteiger partial charge in [0.15, 0.2) is 0 Å². The van der Waals surface area contributed by atoms with E-state index in [0.717, 1.165) is 33.8 Å². The highest BCUT2D eigenvalue weighted by Gasteiger charge is 2.45. The molecule has 15 nitrogen and oxygen atoms in total. The standard InChI is InChI=1S/2C18H18ClN3O2.C17H16FN3O2/c1-10-5-7-12(15(19)20-10)16(23)21-11-6-8-13-14(9-11)22(4)17(24)18(13,2)3;1-10-13(21-16(23)11-7-8-20-14(19)9-11)6-5-12-15(10)22(4)17(24)18(12,2)3;1-17(2)11-7-12(18)13(8-14(11)21(3)16(17)23)20-15(22)10-5-4-6-19-9-10/h2*5-9H,1-4H3,(H,21,23);4-9H,1-3H3,(H,20,22). The molecule has 6 aromatic rings. The molecule has 0 saturated carbocycles. The van der Waals surface area contributed by atoms with Crippen molar-refractivity contribution in [1.29, 1.82) is 0 Å². The van der Waals surface area contributed by atoms with Crippen molar-refractivity contribution >= 4 is 92.8 Å². The van der Waals surface area contributed by atoms with Crippen LogP contribution in [0.2, 0.25) is 10.3 Å². The first kappa shape index (κ1) is 51.3. The number of anilines is 6. The molecule has 0 saturated heterocycles. The lowest BCUT2D eigenvalue weighted by Gasteiger charge is -2.17. The summed E-state index contributed by atoms with van der Waals surface area (Å²) < 4.78 is 14.4. The Kier molecular flexibility index (Phi) is 14.0. The van der Waals surface area contributed by atoms with Gasteiger partial charge in [0.05, 0.1) is 38.7 Å². The minimum atomic E-state index is -0.781. The number of pyridine rings is 3. The molecule has 3 aromatic carbocycles. The van der Waals surface area contributed by atoms with Crippen molar-refractivity contribution in [3.63, 3.8) is 0 Å². The molecule has 0 atom stereocenters. The van der Waals surface area contributed by atoms with Crippen LogP contribution >= 0.6 is 23.2 Å². The molecule has 9 rings (SSSR count). The van der Waals surface area contributed by atoms with Crippen molar-refractivity contribution in [2.45, 2.75) is 71.6 Å². The molecule has 3 N–H and O–H groups in total. The summed E-state index contributed by atoms with van der Waals surface area (Å²) >= 11 is 11.9. The molecule has 18 heteroatoms. The molecule has 0 aliphatic carbocycles. The van der Waals surface area contributed by atoms with E-state index >= 15 is 0 Å². The highest BCUT2D eigenvalue weighted by molar-refractivity contribution is 6.33. The van der Waals surface area contributed by atoms with Gasteiger partial charge < -0.3 is 30.7 Å². The number of amides is 6. The Morgan fingerprint density at radius 1 is 0.606 bits per heavy atom. The minimum Gasteiger partial charge on any atom is -0.322 e. The van der Waals surface area contributed by atoms with E-state index in [1.165, 1.54) is 35.5 Å². The first-order valence-electron chi connectivity index (χ1n) is 22.3. The summed E-state index contributed by atoms with van der Waals surface area (Å²) in [5.41, 5.74) is 6.88. The van der Waals surface area contributed by atoms with Gasteiger partial charge in [-0.25, -0.2) is 14.4 Å². The number of nitrogens with zero attached hydrogens (tertiary/aromatic N) is 6. The molecule has 0 spiro atoms. The van der Waals surface area contributed by atoms with Crippen LogP contribution in [0, 0.1) is 19.7 Å². The van der Waals surface area contributed by atoms with Crippen LogP contribution in [0.4, 0.5) is 38.5 Å². The van der Waals surface area contributed by atoms with E-state index in [4.69, 9.17) is 23.2 Å². The lowest BCUT2D eigenvalue weighted by Crippen LogP contribution is -2.33. The monoisotopic (exact) mass is 999 g/mol. The Morgan fingerprint density at radius 2 is 1.20 bits per heavy atom. The molecule has 3 aromatic heterocycles. The fourth-order valence-corrected chi connectivity index (χ4v) is 9.33. The highest BCUT2D eigenvalue weighted by atomic mass is 35.5. The summed E-state index contributed by atoms with van der Waals surface area (Å²) in [6, 6.07) is 21.7. The lowest BCUT2D eigenvalue weighted by atomic mass is 9.85. The van der Waals surface area contributed by atoms with Crippen LogP contribution in [0.5, 0.6) is 0 Å². The molecule has 0 bridgehead atoms. The van der Waals surface area contributed by atoms with E-state index in [-0.39, 0.29) is 45.5 Å². The normalized spacial score (nSPS) is 15.4. The predicted molar refractivity (Wildman–Crippen MR) is 275 cm³/mol. The maximum absolute atomic E-state index is 14.4. The summed E-state index contributed by atoms with van der Waals surface area (Å²) in [7, 11) is 5.14. The van der Waals surface area contributed by atoms with E-state index in [1.807, 2.05) is 59.7 Å². The van der Waals surface area contributed by atoms with Gasteiger partial charge in [0.25, 0.3) is 17.7 Å². The minimum absolute atomic E-state index is 0.0340. The molecule has 366 valence electrons. The SMILES string of the molecule is CN1C(=O)C(C)(C)c2cc(F)c(NC(=O)c3cccnc3)cc21.Cc1c(NC(=O)c2ccnc(Cl)c2)ccc2c1N(C)C(=O)C2(C)C.Cc1ccc(C(=O)Nc2ccc3c(c2)N(C)C(=O)C3(C)C)c(Cl)n1. The van der Waals surface area contributed by atoms with Gasteiger partial charge in [0, 0.05) is 73.7 Å². The number of halogens is 3. The van der Waals surface area contributed by atoms with Crippen molar-refractivity contribution < 1.29 is 33.2 Å². The van der Waals surface area contributed by atoms with E-state index in [9.17, 15) is 33.2 Å². The zero-order valence-corrected chi connectivity index (χ0v) is 42.5. The lowest BCUT2D eigenvalue weighted by molar-refractivity contribution is -0.122. The molecule has 71 heavy (non-hydrogen) atoms. The zero-order chi connectivity index (χ0) is 52.1. The van der Waals surface area contributed by atoms with Crippen molar-refractivity contribution in [3.05, 3.63) is 158 Å². The van der Waals surface area contributed by atoms with Crippen LogP contribution in [-0.4, -0.2) is 71.5 Å². The van der Waals surface area contributed by atoms with Crippen LogP contribution in [0.25, 0.3) is 0 Å². The summed E-state index contributed by atoms with van der Waals surface area (Å²) in [5.74, 6) is -1.66. The number of rotatable bonds is 6. The second-order valence-electron chi connectivity index (χ2n) is 18.9. The summed E-state index contributed by atoms with van der Waals surface area (Å²) in [4.78, 5) is 90.6. The fraction of sp³-hybridized carbons (Fsp3) is 0.264. The first-order chi connectivity index (χ1) is 33.3. The number of aryl methyl sites for hydroxylation is 1. The van der Waals surface area contributed by atoms with Crippen molar-refractivity contribution in [2.75, 3.05) is 51.8 Å². The average Bonchev–Trinajstić information content (AvgIpc) is 3.70. The molecule has 0 unspecified atom stereocenters. The van der Waals surface area contributed by atoms with Crippen LogP contribution in [0.1, 0.15) is 101 Å². The largest absolute Gasteiger partial charge is 0.322 e. The molecule has 6 amide bonds. The summed E-state index contributed by atoms with van der Waals surface area (Å²) in [6.07, 6.45) is 4.44. The number of nitrogens with one attached hydrogen (secondary N) is 3. The number of hydrogen-bond donors (Lipinski definition) is 3. The van der Waals surface area contributed by atoms with Gasteiger partial charge in [-0.3, -0.25) is 33.8 Å². The van der Waals surface area contributed by atoms with Gasteiger partial charge >= 0.3 is 0 Å². The van der Waals surface area contributed by atoms with Gasteiger partial charge in [-0.1, -0.05) is 35.3 Å². The Morgan fingerprint density at radius 3 is 1.83 bits per heavy atom. The van der Waals surface area contributed by atoms with Gasteiger partial charge in [0.1, 0.15) is 16.1 Å². The average molecular weight is 1000 g/mol. The quantitative estimate of drug-likeness (QED) is 0.137. The summed E-state index contributed by atoms with van der Waals surface area (Å²) in [5, 5.41) is 8.65. The molecule has 6 heterocycles. The molecular formula is C53H52Cl2FN9O6. The Balaban J connectivity index is 0.000000157. The van der Waals surface area contributed by atoms with E-state index in [1.54, 1.807) is 93.5 Å². The van der Waals surface area contributed by atoms with Gasteiger partial charge in [-0.05, 0) is 144 Å². The zero-order valence-electron chi connectivity index (χ0n) is 41.0. The number of hydrogen-bond acceptors (Lipinski definition) is 9. The number of fused-ring (bicyclic) bond motifs is 3. The maximum atomic E-state index is 14.4. The fourth-order valence-electron chi connectivity index (χ4n) is 8.87. The third-order valence-corrected chi connectivity index (χ3v) is 13.5. The van der Waals surface area contributed by atoms with Gasteiger partial charge in [0.2, 0.25) is 17.7 Å². The highest BCUT2D eigenvalue weighted by Crippen LogP contribution is 2.46. The van der Waals surface area contributed by atoms with Crippen molar-refractivity contribution in [1.82, 2.24) is 15.0 Å². The van der Waals surface area contributed by atoms with E-state index in [2.05, 4.69) is 30.9 Å². The molecular weight excluding hydrogens is 949 g/mol. The van der Waals surface area contributed by atoms with Crippen LogP contribution in [0.15, 0.2) is 97.5 Å². The third-order valence-electron chi connectivity index (χ3n) is 13.0. The number of carbonyl (C=O) groups is 6. The van der Waals surface area contributed by atoms with Gasteiger partial charge in [-0.15, -0.1) is 0 Å². The topological polar surface area (TPSA) is 187 Å². The molecule has 0 radical (unpaired) electrons. The third kappa shape index (κ3) is 9.69. The smallest absolute Gasteiger partial charge is 0.258 e. The van der Waals surface area contributed by atoms with E-state index < -0.39 is 28.0 Å². The van der Waals surface area contributed by atoms with Crippen molar-refractivity contribution in [2.24, 2.45) is 0 Å². The predicted octanol–water partition coefficient (Wildman–Crippen LogP) is 9.83. The number of carbonyl (C=O) groups excluding carboxylic acids is 6. The first-order valence-corrected chi connectivity index (χ1v) is 23.1. The van der Waals surface area contributed by atoms with Gasteiger partial charge in [-0.2, -0.15) is 0 Å². The molecule has 3 aliphatic rings. The van der Waals surface area contributed by atoms with Crippen molar-refractivity contribution in [3.8, 4) is 0 Å². The van der Waals surface area contributed by atoms with Crippen LogP contribution in [0.3, 0.4) is 0 Å². The summed E-state index contributed by atoms with van der Waals surface area (Å²) in [6.45, 7) is 14.8. The van der Waals surface area contributed by atoms with Crippen LogP contribution in [-0.2, 0) is 30.6 Å². The van der Waals surface area contributed by atoms with E-state index in [0.29, 0.717) is 39.3 Å². The number of aromatic nitrogens is 3. The Labute approximate surface area is 420 Å². The molecule has 3 aliphatic heterocycles. The van der Waals surface area contributed by atoms with Crippen LogP contribution < -0.4 is 30.7 Å². The number of likely N-dealkylation sites (N-methyl/N-ethyl adjacent to an activating group) is 3. The Bertz CT molecular complexity index is 3200. The second-order valence-corrected chi connectivity index (χ2v) is 19.7.